The summed E-state index contributed by atoms with van der Waals surface area (Å²) < 4.78 is 65.2. The molecule has 0 amide bonds. The van der Waals surface area contributed by atoms with Crippen LogP contribution in [-0.4, -0.2) is 54.4 Å². The summed E-state index contributed by atoms with van der Waals surface area (Å²) in [5, 5.41) is 13.2. The lowest BCUT2D eigenvalue weighted by Gasteiger charge is -2.22. The van der Waals surface area contributed by atoms with E-state index in [4.69, 9.17) is 9.47 Å². The lowest BCUT2D eigenvalue weighted by atomic mass is 9.87. The van der Waals surface area contributed by atoms with Gasteiger partial charge in [-0.25, -0.2) is 9.18 Å². The monoisotopic (exact) mass is 686 g/mol. The molecule has 2 aliphatic rings. The van der Waals surface area contributed by atoms with E-state index in [-0.39, 0.29) is 48.8 Å². The number of ether oxygens (including phenoxy) is 2. The predicted octanol–water partition coefficient (Wildman–Crippen LogP) is 7.16. The van der Waals surface area contributed by atoms with E-state index in [1.54, 1.807) is 24.3 Å². The van der Waals surface area contributed by atoms with Crippen molar-refractivity contribution in [2.75, 3.05) is 26.2 Å². The van der Waals surface area contributed by atoms with Crippen LogP contribution in [0.2, 0.25) is 0 Å². The van der Waals surface area contributed by atoms with E-state index in [2.05, 4.69) is 26.1 Å². The first-order chi connectivity index (χ1) is 20.8. The summed E-state index contributed by atoms with van der Waals surface area (Å²) in [5.41, 5.74) is 1.13. The number of likely N-dealkylation sites (tertiary alicyclic amines) is 1. The van der Waals surface area contributed by atoms with Crippen molar-refractivity contribution in [3.63, 3.8) is 0 Å². The summed E-state index contributed by atoms with van der Waals surface area (Å²) in [5.74, 6) is 0.189. The molecule has 2 N–H and O–H groups in total. The highest BCUT2D eigenvalue weighted by molar-refractivity contribution is 5.85. The number of hydrogen-bond donors (Lipinski definition) is 2. The maximum Gasteiger partial charge on any atom is 0.416 e. The molecule has 12 heteroatoms. The smallest absolute Gasteiger partial charge is 0.416 e. The van der Waals surface area contributed by atoms with Crippen LogP contribution in [0.4, 0.5) is 17.6 Å². The third kappa shape index (κ3) is 9.50. The molecular formula is C34H40Cl2F4N2O4. The van der Waals surface area contributed by atoms with E-state index in [0.717, 1.165) is 29.3 Å². The van der Waals surface area contributed by atoms with Gasteiger partial charge < -0.3 is 19.9 Å². The molecule has 2 unspecified atom stereocenters. The van der Waals surface area contributed by atoms with Gasteiger partial charge in [0.15, 0.2) is 6.10 Å². The van der Waals surface area contributed by atoms with Gasteiger partial charge in [-0.2, -0.15) is 13.2 Å². The minimum absolute atomic E-state index is 0. The Morgan fingerprint density at radius 3 is 2.13 bits per heavy atom. The minimum Gasteiger partial charge on any atom is -0.492 e. The number of aliphatic carboxylic acids is 1. The Kier molecular flexibility index (Phi) is 12.4. The number of nitrogens with one attached hydrogen (secondary N) is 1. The lowest BCUT2D eigenvalue weighted by molar-refractivity contribution is -0.145. The van der Waals surface area contributed by atoms with Crippen molar-refractivity contribution in [3.05, 3.63) is 94.8 Å². The van der Waals surface area contributed by atoms with Crippen molar-refractivity contribution in [3.8, 4) is 11.5 Å². The summed E-state index contributed by atoms with van der Waals surface area (Å²) in [4.78, 5) is 13.8. The zero-order chi connectivity index (χ0) is 31.6. The maximum atomic E-state index is 13.6. The highest BCUT2D eigenvalue weighted by atomic mass is 35.5. The molecule has 0 aromatic heterocycles. The van der Waals surface area contributed by atoms with Crippen molar-refractivity contribution in [2.24, 2.45) is 11.8 Å². The maximum absolute atomic E-state index is 13.6. The summed E-state index contributed by atoms with van der Waals surface area (Å²) >= 11 is 0. The van der Waals surface area contributed by atoms with Crippen LogP contribution in [-0.2, 0) is 29.4 Å². The van der Waals surface area contributed by atoms with Crippen molar-refractivity contribution < 1.29 is 36.9 Å². The molecule has 0 spiro atoms. The number of carboxylic acid groups (broad SMARTS) is 1. The quantitative estimate of drug-likeness (QED) is 0.156. The fraction of sp³-hybridized carbons (Fsp3) is 0.441. The van der Waals surface area contributed by atoms with Crippen LogP contribution in [0.3, 0.4) is 0 Å². The van der Waals surface area contributed by atoms with Crippen molar-refractivity contribution >= 4 is 30.8 Å². The second-order valence-corrected chi connectivity index (χ2v) is 12.7. The summed E-state index contributed by atoms with van der Waals surface area (Å²) in [6, 6.07) is 17.7. The molecule has 4 atom stereocenters. The normalized spacial score (nSPS) is 19.8. The zero-order valence-corrected chi connectivity index (χ0v) is 27.5. The first-order valence-electron chi connectivity index (χ1n) is 14.8. The van der Waals surface area contributed by atoms with E-state index in [1.165, 1.54) is 0 Å². The molecule has 2 fully saturated rings. The molecule has 6 nitrogen and oxygen atoms in total. The number of alkyl halides is 3. The molecule has 1 saturated carbocycles. The number of piperidine rings is 1. The molecule has 3 aromatic rings. The van der Waals surface area contributed by atoms with Crippen molar-refractivity contribution in [1.29, 1.82) is 0 Å². The molecule has 0 radical (unpaired) electrons. The van der Waals surface area contributed by atoms with Gasteiger partial charge >= 0.3 is 12.1 Å². The predicted molar refractivity (Wildman–Crippen MR) is 173 cm³/mol. The van der Waals surface area contributed by atoms with Gasteiger partial charge in [0.2, 0.25) is 0 Å². The molecule has 0 bridgehead atoms. The number of halogens is 6. The first-order valence-corrected chi connectivity index (χ1v) is 14.8. The van der Waals surface area contributed by atoms with Crippen LogP contribution in [0.5, 0.6) is 11.5 Å². The van der Waals surface area contributed by atoms with Crippen LogP contribution >= 0.6 is 24.8 Å². The van der Waals surface area contributed by atoms with E-state index in [0.29, 0.717) is 55.6 Å². The molecule has 46 heavy (non-hydrogen) atoms. The summed E-state index contributed by atoms with van der Waals surface area (Å²) in [6.45, 7) is 8.80. The third-order valence-corrected chi connectivity index (χ3v) is 8.41. The molecular weight excluding hydrogens is 647 g/mol. The topological polar surface area (TPSA) is 71.0 Å². The van der Waals surface area contributed by atoms with Gasteiger partial charge in [0, 0.05) is 38.6 Å². The number of carbonyl (C=O) groups is 1. The Balaban J connectivity index is 0.00000288. The standard InChI is InChI=1S/C34H38F4N2O4.2ClH/c1-33(2,3)23-6-11-26(12-7-23)44-30(32(41)42)16-21-4-9-25(10-5-21)43-15-14-39-31-27-19-40(20-28(27)31)18-22-17-24(35)8-13-29(22)34(36,37)38;;/h4-13,17,27-28,30-31,39H,14-16,18-20H2,1-3H3,(H,41,42);2*1H/t27-,28?,30-,31?;;/m0../s1. The largest absolute Gasteiger partial charge is 0.492 e. The van der Waals surface area contributed by atoms with Crippen molar-refractivity contribution in [2.45, 2.75) is 57.5 Å². The van der Waals surface area contributed by atoms with Gasteiger partial charge in [0.1, 0.15) is 23.9 Å². The fourth-order valence-electron chi connectivity index (χ4n) is 5.96. The van der Waals surface area contributed by atoms with E-state index >= 15 is 0 Å². The number of nitrogens with zero attached hydrogens (tertiary/aromatic N) is 1. The Hall–Kier alpha value is -3.05. The van der Waals surface area contributed by atoms with Gasteiger partial charge in [-0.1, -0.05) is 45.0 Å². The second kappa shape index (κ2) is 15.2. The van der Waals surface area contributed by atoms with Crippen LogP contribution in [0.25, 0.3) is 0 Å². The highest BCUT2D eigenvalue weighted by Gasteiger charge is 2.55. The Labute approximate surface area is 279 Å². The molecule has 1 aliphatic heterocycles. The van der Waals surface area contributed by atoms with Crippen LogP contribution < -0.4 is 14.8 Å². The number of fused-ring (bicyclic) bond motifs is 1. The Morgan fingerprint density at radius 1 is 0.957 bits per heavy atom. The van der Waals surface area contributed by atoms with Gasteiger partial charge in [-0.05, 0) is 76.4 Å². The minimum atomic E-state index is -4.51. The third-order valence-electron chi connectivity index (χ3n) is 8.41. The van der Waals surface area contributed by atoms with E-state index < -0.39 is 29.6 Å². The van der Waals surface area contributed by atoms with Crippen LogP contribution in [0.15, 0.2) is 66.7 Å². The van der Waals surface area contributed by atoms with Gasteiger partial charge in [-0.15, -0.1) is 24.8 Å². The second-order valence-electron chi connectivity index (χ2n) is 12.7. The average molecular weight is 688 g/mol. The summed E-state index contributed by atoms with van der Waals surface area (Å²) in [6.07, 6.45) is -5.33. The van der Waals surface area contributed by atoms with Gasteiger partial charge in [0.05, 0.1) is 5.56 Å². The van der Waals surface area contributed by atoms with Crippen molar-refractivity contribution in [1.82, 2.24) is 10.2 Å². The van der Waals surface area contributed by atoms with E-state index in [9.17, 15) is 27.5 Å². The molecule has 5 rings (SSSR count). The number of benzene rings is 3. The van der Waals surface area contributed by atoms with Crippen LogP contribution in [0.1, 0.15) is 43.0 Å². The van der Waals surface area contributed by atoms with Crippen LogP contribution in [0, 0.1) is 17.7 Å². The fourth-order valence-corrected chi connectivity index (χ4v) is 5.96. The molecule has 3 aromatic carbocycles. The number of rotatable bonds is 12. The number of hydrogen-bond acceptors (Lipinski definition) is 5. The van der Waals surface area contributed by atoms with E-state index in [1.807, 2.05) is 29.2 Å². The Bertz CT molecular complexity index is 1440. The molecule has 1 heterocycles. The Morgan fingerprint density at radius 2 is 1.57 bits per heavy atom. The highest BCUT2D eigenvalue weighted by Crippen LogP contribution is 2.46. The molecule has 1 saturated heterocycles. The first kappa shape index (κ1) is 37.4. The zero-order valence-electron chi connectivity index (χ0n) is 25.9. The molecule has 252 valence electrons. The van der Waals surface area contributed by atoms with Gasteiger partial charge in [-0.3, -0.25) is 4.90 Å². The average Bonchev–Trinajstić information content (AvgIpc) is 3.40. The molecule has 1 aliphatic carbocycles. The SMILES string of the molecule is CC(C)(C)c1ccc(O[C@@H](Cc2ccc(OCCNC3C4CN(Cc5cc(F)ccc5C(F)(F)F)C[C@@H]43)cc2)C(=O)O)cc1.Cl.Cl. The summed E-state index contributed by atoms with van der Waals surface area (Å²) in [7, 11) is 0. The van der Waals surface area contributed by atoms with Gasteiger partial charge in [0.25, 0.3) is 0 Å². The lowest BCUT2D eigenvalue weighted by Crippen LogP contribution is -2.33. The number of carboxylic acids is 1.